The van der Waals surface area contributed by atoms with Gasteiger partial charge in [0.25, 0.3) is 0 Å². The normalized spacial score (nSPS) is 18.9. The fourth-order valence-electron chi connectivity index (χ4n) is 2.19. The molecule has 1 aliphatic carbocycles. The van der Waals surface area contributed by atoms with E-state index in [2.05, 4.69) is 6.07 Å². The Morgan fingerprint density at radius 1 is 1.38 bits per heavy atom. The van der Waals surface area contributed by atoms with Gasteiger partial charge in [0, 0.05) is 16.3 Å². The molecule has 0 spiro atoms. The number of nitrogen functional groups attached to an aromatic ring is 1. The highest BCUT2D eigenvalue weighted by molar-refractivity contribution is 7.99. The lowest BCUT2D eigenvalue weighted by atomic mass is 10.1. The van der Waals surface area contributed by atoms with Crippen LogP contribution in [-0.4, -0.2) is 16.5 Å². The molecule has 0 heterocycles. The molecule has 2 rings (SSSR count). The lowest BCUT2D eigenvalue weighted by Gasteiger charge is -2.21. The van der Waals surface area contributed by atoms with Crippen LogP contribution in [0.4, 0.5) is 5.69 Å². The van der Waals surface area contributed by atoms with Crippen LogP contribution in [0, 0.1) is 6.92 Å². The van der Waals surface area contributed by atoms with Crippen molar-refractivity contribution in [3.05, 3.63) is 23.8 Å². The van der Waals surface area contributed by atoms with Gasteiger partial charge in [0.05, 0.1) is 5.60 Å². The standard InChI is InChI=1S/C13H19NOS/c1-10-4-5-12(11(14)8-10)16-9-13(15)6-2-3-7-13/h4-5,8,15H,2-3,6-7,9,14H2,1H3. The summed E-state index contributed by atoms with van der Waals surface area (Å²) in [5, 5.41) is 10.2. The molecule has 16 heavy (non-hydrogen) atoms. The third kappa shape index (κ3) is 2.71. The highest BCUT2D eigenvalue weighted by atomic mass is 32.2. The van der Waals surface area contributed by atoms with E-state index in [9.17, 15) is 5.11 Å². The summed E-state index contributed by atoms with van der Waals surface area (Å²) in [6.45, 7) is 2.04. The zero-order valence-corrected chi connectivity index (χ0v) is 10.5. The molecule has 88 valence electrons. The van der Waals surface area contributed by atoms with E-state index in [0.717, 1.165) is 42.0 Å². The average Bonchev–Trinajstić information content (AvgIpc) is 2.64. The van der Waals surface area contributed by atoms with Crippen molar-refractivity contribution in [2.24, 2.45) is 0 Å². The van der Waals surface area contributed by atoms with Crippen molar-refractivity contribution in [1.29, 1.82) is 0 Å². The molecule has 1 aliphatic rings. The largest absolute Gasteiger partial charge is 0.398 e. The van der Waals surface area contributed by atoms with Gasteiger partial charge in [0.1, 0.15) is 0 Å². The number of hydrogen-bond acceptors (Lipinski definition) is 3. The highest BCUT2D eigenvalue weighted by Crippen LogP contribution is 2.36. The van der Waals surface area contributed by atoms with E-state index in [1.807, 2.05) is 19.1 Å². The fourth-order valence-corrected chi connectivity index (χ4v) is 3.29. The van der Waals surface area contributed by atoms with Crippen LogP contribution in [0.1, 0.15) is 31.2 Å². The first-order chi connectivity index (χ1) is 7.59. The topological polar surface area (TPSA) is 46.2 Å². The lowest BCUT2D eigenvalue weighted by molar-refractivity contribution is 0.0733. The zero-order valence-electron chi connectivity index (χ0n) is 9.70. The molecule has 0 amide bonds. The molecular formula is C13H19NOS. The summed E-state index contributed by atoms with van der Waals surface area (Å²) in [6.07, 6.45) is 4.18. The Morgan fingerprint density at radius 2 is 2.06 bits per heavy atom. The third-order valence-electron chi connectivity index (χ3n) is 3.20. The Morgan fingerprint density at radius 3 is 2.69 bits per heavy atom. The minimum Gasteiger partial charge on any atom is -0.398 e. The highest BCUT2D eigenvalue weighted by Gasteiger charge is 2.31. The minimum atomic E-state index is -0.456. The number of thioether (sulfide) groups is 1. The van der Waals surface area contributed by atoms with Gasteiger partial charge in [-0.05, 0) is 37.5 Å². The van der Waals surface area contributed by atoms with Gasteiger partial charge in [-0.3, -0.25) is 0 Å². The first-order valence-electron chi connectivity index (χ1n) is 5.80. The van der Waals surface area contributed by atoms with Crippen molar-refractivity contribution in [2.45, 2.75) is 43.1 Å². The van der Waals surface area contributed by atoms with Crippen LogP contribution in [0.15, 0.2) is 23.1 Å². The van der Waals surface area contributed by atoms with Gasteiger partial charge in [0.2, 0.25) is 0 Å². The number of rotatable bonds is 3. The van der Waals surface area contributed by atoms with E-state index < -0.39 is 5.60 Å². The second kappa shape index (κ2) is 4.68. The van der Waals surface area contributed by atoms with E-state index in [4.69, 9.17) is 5.73 Å². The summed E-state index contributed by atoms with van der Waals surface area (Å²) in [7, 11) is 0. The Bertz CT molecular complexity index is 372. The molecular weight excluding hydrogens is 218 g/mol. The number of aliphatic hydroxyl groups is 1. The van der Waals surface area contributed by atoms with Crippen LogP contribution in [-0.2, 0) is 0 Å². The second-order valence-electron chi connectivity index (χ2n) is 4.76. The summed E-state index contributed by atoms with van der Waals surface area (Å²) in [5.41, 5.74) is 7.50. The van der Waals surface area contributed by atoms with E-state index >= 15 is 0 Å². The van der Waals surface area contributed by atoms with Gasteiger partial charge in [-0.2, -0.15) is 0 Å². The van der Waals surface area contributed by atoms with Crippen LogP contribution in [0.3, 0.4) is 0 Å². The summed E-state index contributed by atoms with van der Waals surface area (Å²) >= 11 is 1.68. The summed E-state index contributed by atoms with van der Waals surface area (Å²) in [4.78, 5) is 1.09. The number of anilines is 1. The monoisotopic (exact) mass is 237 g/mol. The van der Waals surface area contributed by atoms with Gasteiger partial charge < -0.3 is 10.8 Å². The second-order valence-corrected chi connectivity index (χ2v) is 5.78. The van der Waals surface area contributed by atoms with Crippen LogP contribution in [0.5, 0.6) is 0 Å². The molecule has 0 unspecified atom stereocenters. The van der Waals surface area contributed by atoms with Crippen molar-refractivity contribution < 1.29 is 5.11 Å². The summed E-state index contributed by atoms with van der Waals surface area (Å²) in [5.74, 6) is 0.764. The van der Waals surface area contributed by atoms with Crippen LogP contribution in [0.25, 0.3) is 0 Å². The first kappa shape index (κ1) is 11.8. The van der Waals surface area contributed by atoms with Crippen LogP contribution in [0.2, 0.25) is 0 Å². The molecule has 3 N–H and O–H groups in total. The molecule has 1 aromatic carbocycles. The van der Waals surface area contributed by atoms with Crippen molar-refractivity contribution >= 4 is 17.4 Å². The molecule has 0 aliphatic heterocycles. The van der Waals surface area contributed by atoms with Crippen LogP contribution >= 0.6 is 11.8 Å². The van der Waals surface area contributed by atoms with Crippen molar-refractivity contribution in [2.75, 3.05) is 11.5 Å². The zero-order chi connectivity index (χ0) is 11.6. The van der Waals surface area contributed by atoms with Gasteiger partial charge in [-0.25, -0.2) is 0 Å². The maximum Gasteiger partial charge on any atom is 0.0741 e. The number of benzene rings is 1. The summed E-state index contributed by atoms with van der Waals surface area (Å²) in [6, 6.07) is 6.10. The molecule has 0 saturated heterocycles. The third-order valence-corrected chi connectivity index (χ3v) is 4.56. The van der Waals surface area contributed by atoms with Crippen molar-refractivity contribution in [3.8, 4) is 0 Å². The predicted octanol–water partition coefficient (Wildman–Crippen LogP) is 2.97. The van der Waals surface area contributed by atoms with Gasteiger partial charge in [0.15, 0.2) is 0 Å². The predicted molar refractivity (Wildman–Crippen MR) is 69.7 cm³/mol. The smallest absolute Gasteiger partial charge is 0.0741 e. The SMILES string of the molecule is Cc1ccc(SCC2(O)CCCC2)c(N)c1. The Hall–Kier alpha value is -0.670. The van der Waals surface area contributed by atoms with E-state index in [-0.39, 0.29) is 0 Å². The summed E-state index contributed by atoms with van der Waals surface area (Å²) < 4.78 is 0. The van der Waals surface area contributed by atoms with Crippen molar-refractivity contribution in [1.82, 2.24) is 0 Å². The van der Waals surface area contributed by atoms with Gasteiger partial charge in [-0.1, -0.05) is 18.9 Å². The Labute approximate surface area is 101 Å². The maximum absolute atomic E-state index is 10.2. The quantitative estimate of drug-likeness (QED) is 0.627. The molecule has 0 aromatic heterocycles. The minimum absolute atomic E-state index is 0.456. The molecule has 0 bridgehead atoms. The van der Waals surface area contributed by atoms with Crippen molar-refractivity contribution in [3.63, 3.8) is 0 Å². The molecule has 1 fully saturated rings. The number of nitrogens with two attached hydrogens (primary N) is 1. The number of hydrogen-bond donors (Lipinski definition) is 2. The average molecular weight is 237 g/mol. The maximum atomic E-state index is 10.2. The number of aryl methyl sites for hydroxylation is 1. The first-order valence-corrected chi connectivity index (χ1v) is 6.79. The molecule has 3 heteroatoms. The van der Waals surface area contributed by atoms with E-state index in [0.29, 0.717) is 0 Å². The fraction of sp³-hybridized carbons (Fsp3) is 0.538. The molecule has 1 saturated carbocycles. The molecule has 1 aromatic rings. The Balaban J connectivity index is 1.99. The van der Waals surface area contributed by atoms with Gasteiger partial charge in [-0.15, -0.1) is 11.8 Å². The molecule has 0 atom stereocenters. The van der Waals surface area contributed by atoms with E-state index in [1.165, 1.54) is 5.56 Å². The molecule has 0 radical (unpaired) electrons. The van der Waals surface area contributed by atoms with E-state index in [1.54, 1.807) is 11.8 Å². The van der Waals surface area contributed by atoms with Crippen LogP contribution < -0.4 is 5.73 Å². The molecule has 2 nitrogen and oxygen atoms in total. The Kier molecular flexibility index (Phi) is 3.45. The lowest BCUT2D eigenvalue weighted by Crippen LogP contribution is -2.27. The van der Waals surface area contributed by atoms with Gasteiger partial charge >= 0.3 is 0 Å².